The maximum atomic E-state index is 5.66. The number of hydrogen-bond donors (Lipinski definition) is 1. The summed E-state index contributed by atoms with van der Waals surface area (Å²) in [4.78, 5) is 0. The van der Waals surface area contributed by atoms with Gasteiger partial charge in [0.25, 0.3) is 0 Å². The van der Waals surface area contributed by atoms with Crippen molar-refractivity contribution in [1.29, 1.82) is 0 Å². The third kappa shape index (κ3) is 1.42. The first-order valence-corrected chi connectivity index (χ1v) is 4.83. The number of nitrogens with zero attached hydrogens (tertiary/aromatic N) is 2. The highest BCUT2D eigenvalue weighted by atomic mass is 16.5. The molecule has 2 heterocycles. The summed E-state index contributed by atoms with van der Waals surface area (Å²) in [5, 5.41) is 7.43. The lowest BCUT2D eigenvalue weighted by Crippen LogP contribution is -2.50. The van der Waals surface area contributed by atoms with Gasteiger partial charge in [-0.25, -0.2) is 0 Å². The molecule has 0 bridgehead atoms. The molecule has 0 atom stereocenters. The van der Waals surface area contributed by atoms with Gasteiger partial charge in [0.15, 0.2) is 5.75 Å². The van der Waals surface area contributed by atoms with Gasteiger partial charge in [0, 0.05) is 13.1 Å². The van der Waals surface area contributed by atoms with Crippen LogP contribution in [0.5, 0.6) is 5.75 Å². The Morgan fingerprint density at radius 1 is 1.46 bits per heavy atom. The van der Waals surface area contributed by atoms with E-state index in [0.717, 1.165) is 18.8 Å². The average molecular weight is 179 g/mol. The van der Waals surface area contributed by atoms with E-state index >= 15 is 0 Å². The van der Waals surface area contributed by atoms with E-state index in [2.05, 4.69) is 10.4 Å². The highest BCUT2D eigenvalue weighted by molar-refractivity contribution is 5.14. The van der Waals surface area contributed by atoms with E-state index in [1.54, 1.807) is 0 Å². The predicted molar refractivity (Wildman–Crippen MR) is 47.8 cm³/mol. The van der Waals surface area contributed by atoms with Crippen LogP contribution in [0, 0.1) is 0 Å². The van der Waals surface area contributed by atoms with Gasteiger partial charge in [-0.15, -0.1) is 0 Å². The molecule has 1 aliphatic heterocycles. The summed E-state index contributed by atoms with van der Waals surface area (Å²) in [6.45, 7) is 1.93. The van der Waals surface area contributed by atoms with Gasteiger partial charge in [-0.1, -0.05) is 0 Å². The zero-order valence-electron chi connectivity index (χ0n) is 7.44. The maximum Gasteiger partial charge on any atom is 0.157 e. The van der Waals surface area contributed by atoms with Crippen LogP contribution in [0.3, 0.4) is 0 Å². The molecule has 0 aromatic carbocycles. The Balaban J connectivity index is 1.66. The molecule has 1 saturated carbocycles. The van der Waals surface area contributed by atoms with E-state index < -0.39 is 0 Å². The largest absolute Gasteiger partial charge is 0.484 e. The van der Waals surface area contributed by atoms with E-state index in [9.17, 15) is 0 Å². The molecule has 3 rings (SSSR count). The van der Waals surface area contributed by atoms with Gasteiger partial charge in [-0.2, -0.15) is 5.10 Å². The van der Waals surface area contributed by atoms with Crippen LogP contribution in [0.15, 0.2) is 12.4 Å². The third-order valence-corrected chi connectivity index (χ3v) is 2.55. The highest BCUT2D eigenvalue weighted by Crippen LogP contribution is 2.34. The first-order valence-electron chi connectivity index (χ1n) is 4.83. The molecule has 13 heavy (non-hydrogen) atoms. The second kappa shape index (κ2) is 2.73. The predicted octanol–water partition coefficient (Wildman–Crippen LogP) is 0.569. The number of rotatable bonds is 3. The van der Waals surface area contributed by atoms with E-state index in [1.165, 1.54) is 12.8 Å². The van der Waals surface area contributed by atoms with Crippen molar-refractivity contribution in [3.8, 4) is 5.75 Å². The summed E-state index contributed by atoms with van der Waals surface area (Å²) in [7, 11) is 0. The van der Waals surface area contributed by atoms with Gasteiger partial charge < -0.3 is 10.1 Å². The summed E-state index contributed by atoms with van der Waals surface area (Å²) in [6, 6.07) is 0.650. The molecule has 1 aliphatic carbocycles. The SMILES string of the molecule is c1nn(C2CC2)cc1OC1CNC1. The van der Waals surface area contributed by atoms with Crippen molar-refractivity contribution in [2.75, 3.05) is 13.1 Å². The monoisotopic (exact) mass is 179 g/mol. The Morgan fingerprint density at radius 2 is 2.31 bits per heavy atom. The quantitative estimate of drug-likeness (QED) is 0.737. The van der Waals surface area contributed by atoms with Crippen molar-refractivity contribution in [2.45, 2.75) is 25.0 Å². The molecule has 4 nitrogen and oxygen atoms in total. The van der Waals surface area contributed by atoms with Gasteiger partial charge in [-0.3, -0.25) is 4.68 Å². The van der Waals surface area contributed by atoms with Crippen LogP contribution >= 0.6 is 0 Å². The number of nitrogens with one attached hydrogen (secondary N) is 1. The van der Waals surface area contributed by atoms with Crippen molar-refractivity contribution in [3.05, 3.63) is 12.4 Å². The van der Waals surface area contributed by atoms with Crippen LogP contribution < -0.4 is 10.1 Å². The first kappa shape index (κ1) is 7.38. The maximum absolute atomic E-state index is 5.66. The molecular weight excluding hydrogens is 166 g/mol. The lowest BCUT2D eigenvalue weighted by molar-refractivity contribution is 0.142. The van der Waals surface area contributed by atoms with Crippen LogP contribution in [-0.2, 0) is 0 Å². The molecule has 0 unspecified atom stereocenters. The second-order valence-electron chi connectivity index (χ2n) is 3.79. The van der Waals surface area contributed by atoms with Gasteiger partial charge in [0.2, 0.25) is 0 Å². The van der Waals surface area contributed by atoms with Crippen molar-refractivity contribution in [2.24, 2.45) is 0 Å². The van der Waals surface area contributed by atoms with Crippen molar-refractivity contribution < 1.29 is 4.74 Å². The minimum Gasteiger partial charge on any atom is -0.484 e. The zero-order chi connectivity index (χ0) is 8.67. The van der Waals surface area contributed by atoms with E-state index in [0.29, 0.717) is 12.1 Å². The smallest absolute Gasteiger partial charge is 0.157 e. The Labute approximate surface area is 76.9 Å². The molecular formula is C9H13N3O. The van der Waals surface area contributed by atoms with Crippen LogP contribution in [-0.4, -0.2) is 29.0 Å². The molecule has 0 spiro atoms. The molecule has 1 N–H and O–H groups in total. The molecule has 0 amide bonds. The molecule has 4 heteroatoms. The second-order valence-corrected chi connectivity index (χ2v) is 3.79. The fraction of sp³-hybridized carbons (Fsp3) is 0.667. The molecule has 2 fully saturated rings. The van der Waals surface area contributed by atoms with Crippen molar-refractivity contribution in [3.63, 3.8) is 0 Å². The van der Waals surface area contributed by atoms with Crippen LogP contribution in [0.25, 0.3) is 0 Å². The zero-order valence-corrected chi connectivity index (χ0v) is 7.44. The molecule has 2 aliphatic rings. The fourth-order valence-electron chi connectivity index (χ4n) is 1.46. The number of ether oxygens (including phenoxy) is 1. The Bertz CT molecular complexity index is 302. The first-order chi connectivity index (χ1) is 6.42. The van der Waals surface area contributed by atoms with Crippen LogP contribution in [0.4, 0.5) is 0 Å². The fourth-order valence-corrected chi connectivity index (χ4v) is 1.46. The molecule has 1 aromatic rings. The van der Waals surface area contributed by atoms with E-state index in [1.807, 2.05) is 17.1 Å². The van der Waals surface area contributed by atoms with Crippen LogP contribution in [0.2, 0.25) is 0 Å². The van der Waals surface area contributed by atoms with Crippen molar-refractivity contribution in [1.82, 2.24) is 15.1 Å². The normalized spacial score (nSPS) is 22.8. The summed E-state index contributed by atoms with van der Waals surface area (Å²) >= 11 is 0. The third-order valence-electron chi connectivity index (χ3n) is 2.55. The van der Waals surface area contributed by atoms with Crippen LogP contribution in [0.1, 0.15) is 18.9 Å². The average Bonchev–Trinajstić information content (AvgIpc) is 2.80. The van der Waals surface area contributed by atoms with Crippen molar-refractivity contribution >= 4 is 0 Å². The lowest BCUT2D eigenvalue weighted by atomic mass is 10.2. The molecule has 1 aromatic heterocycles. The number of hydrogen-bond acceptors (Lipinski definition) is 3. The van der Waals surface area contributed by atoms with Gasteiger partial charge >= 0.3 is 0 Å². The minimum atomic E-state index is 0.358. The topological polar surface area (TPSA) is 39.1 Å². The standard InChI is InChI=1S/C9H13N3O/c1-2-7(1)12-6-9(5-11-12)13-8-3-10-4-8/h5-8,10H,1-4H2. The summed E-state index contributed by atoms with van der Waals surface area (Å²) in [5.74, 6) is 0.915. The minimum absolute atomic E-state index is 0.358. The summed E-state index contributed by atoms with van der Waals surface area (Å²) < 4.78 is 7.68. The molecule has 1 saturated heterocycles. The molecule has 70 valence electrons. The van der Waals surface area contributed by atoms with Gasteiger partial charge in [0.1, 0.15) is 6.10 Å². The van der Waals surface area contributed by atoms with Gasteiger partial charge in [0.05, 0.1) is 18.4 Å². The highest BCUT2D eigenvalue weighted by Gasteiger charge is 2.25. The van der Waals surface area contributed by atoms with Gasteiger partial charge in [-0.05, 0) is 12.8 Å². The summed E-state index contributed by atoms with van der Waals surface area (Å²) in [5.41, 5.74) is 0. The lowest BCUT2D eigenvalue weighted by Gasteiger charge is -2.26. The Morgan fingerprint density at radius 3 is 2.92 bits per heavy atom. The molecule has 0 radical (unpaired) electrons. The van der Waals surface area contributed by atoms with E-state index in [4.69, 9.17) is 4.74 Å². The Kier molecular flexibility index (Phi) is 1.55. The summed E-state index contributed by atoms with van der Waals surface area (Å²) in [6.07, 6.45) is 6.72. The Hall–Kier alpha value is -1.03. The van der Waals surface area contributed by atoms with E-state index in [-0.39, 0.29) is 0 Å². The number of aromatic nitrogens is 2.